The predicted octanol–water partition coefficient (Wildman–Crippen LogP) is 5.25. The number of para-hydroxylation sites is 1. The van der Waals surface area contributed by atoms with Crippen molar-refractivity contribution in [2.75, 3.05) is 11.1 Å². The molecule has 4 aromatic rings. The third-order valence-corrected chi connectivity index (χ3v) is 5.50. The molecular formula is C23H18F2N4OS. The zero-order chi connectivity index (χ0) is 21.8. The summed E-state index contributed by atoms with van der Waals surface area (Å²) in [5.74, 6) is -0.340. The molecule has 0 fully saturated rings. The number of nitrogens with one attached hydrogen (secondary N) is 1. The highest BCUT2D eigenvalue weighted by Gasteiger charge is 2.18. The monoisotopic (exact) mass is 436 g/mol. The lowest BCUT2D eigenvalue weighted by Gasteiger charge is -2.11. The molecule has 0 atom stereocenters. The maximum atomic E-state index is 13.4. The van der Waals surface area contributed by atoms with E-state index in [0.717, 1.165) is 11.3 Å². The third-order valence-electron chi connectivity index (χ3n) is 4.57. The van der Waals surface area contributed by atoms with Gasteiger partial charge in [-0.05, 0) is 67.1 Å². The molecule has 0 bridgehead atoms. The summed E-state index contributed by atoms with van der Waals surface area (Å²) in [6, 6.07) is 19.3. The van der Waals surface area contributed by atoms with Crippen LogP contribution in [-0.2, 0) is 4.79 Å². The fraction of sp³-hybridized carbons (Fsp3) is 0.0870. The molecule has 8 heteroatoms. The average molecular weight is 436 g/mol. The number of thioether (sulfide) groups is 1. The van der Waals surface area contributed by atoms with E-state index in [0.29, 0.717) is 22.2 Å². The molecule has 1 heterocycles. The van der Waals surface area contributed by atoms with Crippen molar-refractivity contribution in [3.63, 3.8) is 0 Å². The Kier molecular flexibility index (Phi) is 6.08. The maximum absolute atomic E-state index is 13.4. The van der Waals surface area contributed by atoms with Gasteiger partial charge >= 0.3 is 0 Å². The Balaban J connectivity index is 1.61. The first-order valence-electron chi connectivity index (χ1n) is 9.47. The summed E-state index contributed by atoms with van der Waals surface area (Å²) in [6.07, 6.45) is 0. The largest absolute Gasteiger partial charge is 0.325 e. The summed E-state index contributed by atoms with van der Waals surface area (Å²) in [4.78, 5) is 12.5. The minimum atomic E-state index is -0.369. The van der Waals surface area contributed by atoms with Crippen LogP contribution in [0.3, 0.4) is 0 Å². The molecule has 0 unspecified atom stereocenters. The molecular weight excluding hydrogens is 418 g/mol. The molecule has 5 nitrogen and oxygen atoms in total. The highest BCUT2D eigenvalue weighted by molar-refractivity contribution is 7.99. The minimum Gasteiger partial charge on any atom is -0.325 e. The van der Waals surface area contributed by atoms with Gasteiger partial charge in [-0.3, -0.25) is 9.36 Å². The maximum Gasteiger partial charge on any atom is 0.234 e. The average Bonchev–Trinajstić information content (AvgIpc) is 3.19. The minimum absolute atomic E-state index is 0.108. The van der Waals surface area contributed by atoms with E-state index in [4.69, 9.17) is 0 Å². The summed E-state index contributed by atoms with van der Waals surface area (Å²) >= 11 is 1.21. The van der Waals surface area contributed by atoms with Gasteiger partial charge in [0.25, 0.3) is 0 Å². The summed E-state index contributed by atoms with van der Waals surface area (Å²) in [5, 5.41) is 11.8. The van der Waals surface area contributed by atoms with Crippen LogP contribution in [-0.4, -0.2) is 26.4 Å². The molecule has 4 rings (SSSR count). The topological polar surface area (TPSA) is 59.8 Å². The number of halogens is 2. The summed E-state index contributed by atoms with van der Waals surface area (Å²) in [7, 11) is 0. The molecule has 0 aliphatic rings. The van der Waals surface area contributed by atoms with Crippen LogP contribution in [0.15, 0.2) is 78.0 Å². The highest BCUT2D eigenvalue weighted by Crippen LogP contribution is 2.28. The smallest absolute Gasteiger partial charge is 0.234 e. The Hall–Kier alpha value is -3.52. The zero-order valence-electron chi connectivity index (χ0n) is 16.5. The normalized spacial score (nSPS) is 10.8. The molecule has 0 saturated heterocycles. The van der Waals surface area contributed by atoms with Crippen molar-refractivity contribution in [1.29, 1.82) is 0 Å². The number of carbonyl (C=O) groups excluding carboxylic acids is 1. The van der Waals surface area contributed by atoms with Gasteiger partial charge < -0.3 is 5.32 Å². The third kappa shape index (κ3) is 4.80. The van der Waals surface area contributed by atoms with Crippen LogP contribution in [0.4, 0.5) is 14.5 Å². The highest BCUT2D eigenvalue weighted by atomic mass is 32.2. The summed E-state index contributed by atoms with van der Waals surface area (Å²) in [6.45, 7) is 1.92. The standard InChI is InChI=1S/C23H18F2N4OS/c1-15-4-2-3-5-20(15)26-21(30)14-31-23-28-27-22(16-6-8-17(24)9-7-16)29(23)19-12-10-18(25)11-13-19/h2-13H,14H2,1H3,(H,26,30). The van der Waals surface area contributed by atoms with Gasteiger partial charge in [-0.1, -0.05) is 30.0 Å². The van der Waals surface area contributed by atoms with E-state index >= 15 is 0 Å². The Bertz CT molecular complexity index is 1210. The Morgan fingerprint density at radius 1 is 0.935 bits per heavy atom. The van der Waals surface area contributed by atoms with Crippen LogP contribution in [0.1, 0.15) is 5.56 Å². The molecule has 0 saturated carbocycles. The fourth-order valence-electron chi connectivity index (χ4n) is 3.00. The number of benzene rings is 3. The molecule has 3 aromatic carbocycles. The van der Waals surface area contributed by atoms with Gasteiger partial charge in [0.05, 0.1) is 5.75 Å². The van der Waals surface area contributed by atoms with Gasteiger partial charge in [0.15, 0.2) is 11.0 Å². The van der Waals surface area contributed by atoms with Crippen molar-refractivity contribution in [1.82, 2.24) is 14.8 Å². The quantitative estimate of drug-likeness (QED) is 0.419. The second-order valence-corrected chi connectivity index (χ2v) is 7.72. The molecule has 1 N–H and O–H groups in total. The second-order valence-electron chi connectivity index (χ2n) is 6.78. The van der Waals surface area contributed by atoms with Crippen molar-refractivity contribution < 1.29 is 13.6 Å². The first-order chi connectivity index (χ1) is 15.0. The molecule has 156 valence electrons. The number of hydrogen-bond donors (Lipinski definition) is 1. The number of hydrogen-bond acceptors (Lipinski definition) is 4. The summed E-state index contributed by atoms with van der Waals surface area (Å²) < 4.78 is 28.5. The Morgan fingerprint density at radius 2 is 1.58 bits per heavy atom. The van der Waals surface area contributed by atoms with Crippen LogP contribution in [0.5, 0.6) is 0 Å². The van der Waals surface area contributed by atoms with Crippen LogP contribution >= 0.6 is 11.8 Å². The van der Waals surface area contributed by atoms with E-state index < -0.39 is 0 Å². The van der Waals surface area contributed by atoms with E-state index in [9.17, 15) is 13.6 Å². The van der Waals surface area contributed by atoms with E-state index in [2.05, 4.69) is 15.5 Å². The number of carbonyl (C=O) groups is 1. The van der Waals surface area contributed by atoms with Gasteiger partial charge in [0.1, 0.15) is 11.6 Å². The number of nitrogens with zero attached hydrogens (tertiary/aromatic N) is 3. The molecule has 1 aromatic heterocycles. The van der Waals surface area contributed by atoms with Crippen LogP contribution in [0, 0.1) is 18.6 Å². The number of aryl methyl sites for hydroxylation is 1. The lowest BCUT2D eigenvalue weighted by molar-refractivity contribution is -0.113. The molecule has 0 radical (unpaired) electrons. The Labute approximate surface area is 182 Å². The van der Waals surface area contributed by atoms with Crippen molar-refractivity contribution >= 4 is 23.4 Å². The van der Waals surface area contributed by atoms with E-state index in [1.165, 1.54) is 36.0 Å². The van der Waals surface area contributed by atoms with Gasteiger partial charge in [-0.2, -0.15) is 0 Å². The van der Waals surface area contributed by atoms with Crippen molar-refractivity contribution in [3.05, 3.63) is 90.0 Å². The molecule has 0 aliphatic heterocycles. The SMILES string of the molecule is Cc1ccccc1NC(=O)CSc1nnc(-c2ccc(F)cc2)n1-c1ccc(F)cc1. The van der Waals surface area contributed by atoms with Crippen molar-refractivity contribution in [2.24, 2.45) is 0 Å². The van der Waals surface area contributed by atoms with Gasteiger partial charge in [-0.25, -0.2) is 8.78 Å². The number of amides is 1. The van der Waals surface area contributed by atoms with Crippen LogP contribution < -0.4 is 5.32 Å². The molecule has 0 aliphatic carbocycles. The van der Waals surface area contributed by atoms with Crippen molar-refractivity contribution in [3.8, 4) is 17.1 Å². The lowest BCUT2D eigenvalue weighted by Crippen LogP contribution is -2.15. The van der Waals surface area contributed by atoms with Crippen molar-refractivity contribution in [2.45, 2.75) is 12.1 Å². The van der Waals surface area contributed by atoms with E-state index in [1.54, 1.807) is 28.8 Å². The predicted molar refractivity (Wildman–Crippen MR) is 117 cm³/mol. The van der Waals surface area contributed by atoms with E-state index in [1.807, 2.05) is 31.2 Å². The van der Waals surface area contributed by atoms with E-state index in [-0.39, 0.29) is 23.3 Å². The molecule has 0 spiro atoms. The zero-order valence-corrected chi connectivity index (χ0v) is 17.4. The first kappa shape index (κ1) is 20.7. The number of anilines is 1. The first-order valence-corrected chi connectivity index (χ1v) is 10.5. The molecule has 1 amide bonds. The number of aromatic nitrogens is 3. The van der Waals surface area contributed by atoms with Gasteiger partial charge in [0, 0.05) is 16.9 Å². The fourth-order valence-corrected chi connectivity index (χ4v) is 3.75. The van der Waals surface area contributed by atoms with Gasteiger partial charge in [-0.15, -0.1) is 10.2 Å². The van der Waals surface area contributed by atoms with Crippen LogP contribution in [0.25, 0.3) is 17.1 Å². The van der Waals surface area contributed by atoms with Gasteiger partial charge in [0.2, 0.25) is 5.91 Å². The van der Waals surface area contributed by atoms with Crippen LogP contribution in [0.2, 0.25) is 0 Å². The lowest BCUT2D eigenvalue weighted by atomic mass is 10.2. The number of rotatable bonds is 6. The Morgan fingerprint density at radius 3 is 2.26 bits per heavy atom. The molecule has 31 heavy (non-hydrogen) atoms. The second kappa shape index (κ2) is 9.09. The summed E-state index contributed by atoms with van der Waals surface area (Å²) in [5.41, 5.74) is 3.00.